The number of carbonyl (C=O) groups is 3. The van der Waals surface area contributed by atoms with Gasteiger partial charge in [-0.1, -0.05) is 42.5 Å². The fraction of sp³-hybridized carbons (Fsp3) is 0.167. The number of hydrogen-bond acceptors (Lipinski definition) is 4. The van der Waals surface area contributed by atoms with E-state index in [1.807, 2.05) is 30.3 Å². The molecule has 0 aliphatic carbocycles. The summed E-state index contributed by atoms with van der Waals surface area (Å²) in [7, 11) is 0. The van der Waals surface area contributed by atoms with E-state index < -0.39 is 17.8 Å². The van der Waals surface area contributed by atoms with Crippen LogP contribution in [0.5, 0.6) is 0 Å². The molecule has 0 radical (unpaired) electrons. The molecule has 0 spiro atoms. The van der Waals surface area contributed by atoms with E-state index in [1.54, 1.807) is 25.1 Å². The maximum atomic E-state index is 11.9. The lowest BCUT2D eigenvalue weighted by Gasteiger charge is -2.12. The van der Waals surface area contributed by atoms with E-state index in [2.05, 4.69) is 16.0 Å². The number of anilines is 1. The lowest BCUT2D eigenvalue weighted by atomic mass is 10.1. The quantitative estimate of drug-likeness (QED) is 0.638. The molecule has 130 valence electrons. The van der Waals surface area contributed by atoms with Gasteiger partial charge in [0.2, 0.25) is 5.91 Å². The molecule has 0 bridgehead atoms. The minimum atomic E-state index is -0.588. The van der Waals surface area contributed by atoms with Crippen LogP contribution in [0.1, 0.15) is 21.5 Å². The molecule has 7 nitrogen and oxygen atoms in total. The van der Waals surface area contributed by atoms with E-state index in [0.29, 0.717) is 23.4 Å². The van der Waals surface area contributed by atoms with Crippen molar-refractivity contribution in [2.24, 2.45) is 5.73 Å². The van der Waals surface area contributed by atoms with Gasteiger partial charge in [-0.15, -0.1) is 0 Å². The summed E-state index contributed by atoms with van der Waals surface area (Å²) in [5.41, 5.74) is 7.76. The molecule has 4 amide bonds. The average molecular weight is 340 g/mol. The van der Waals surface area contributed by atoms with Crippen LogP contribution in [-0.2, 0) is 11.3 Å². The molecule has 0 aliphatic rings. The van der Waals surface area contributed by atoms with Gasteiger partial charge < -0.3 is 16.4 Å². The third-order valence-electron chi connectivity index (χ3n) is 3.51. The van der Waals surface area contributed by atoms with Gasteiger partial charge in [0.25, 0.3) is 5.91 Å². The predicted molar refractivity (Wildman–Crippen MR) is 95.0 cm³/mol. The number of amides is 4. The number of aryl methyl sites for hydroxylation is 1. The second kappa shape index (κ2) is 8.49. The molecule has 0 aliphatic heterocycles. The summed E-state index contributed by atoms with van der Waals surface area (Å²) >= 11 is 0. The zero-order valence-electron chi connectivity index (χ0n) is 13.8. The van der Waals surface area contributed by atoms with E-state index in [-0.39, 0.29) is 6.54 Å². The van der Waals surface area contributed by atoms with E-state index in [1.165, 1.54) is 0 Å². The number of primary amides is 1. The Morgan fingerprint density at radius 1 is 1.00 bits per heavy atom. The van der Waals surface area contributed by atoms with Crippen LogP contribution < -0.4 is 21.7 Å². The summed E-state index contributed by atoms with van der Waals surface area (Å²) in [4.78, 5) is 35.1. The van der Waals surface area contributed by atoms with Crippen LogP contribution in [0, 0.1) is 6.92 Å². The van der Waals surface area contributed by atoms with Crippen molar-refractivity contribution in [2.45, 2.75) is 13.5 Å². The maximum absolute atomic E-state index is 11.9. The average Bonchev–Trinajstić information content (AvgIpc) is 2.58. The second-order valence-corrected chi connectivity index (χ2v) is 5.43. The number of imide groups is 1. The van der Waals surface area contributed by atoms with Gasteiger partial charge in [-0.3, -0.25) is 14.9 Å². The zero-order chi connectivity index (χ0) is 18.2. The van der Waals surface area contributed by atoms with E-state index >= 15 is 0 Å². The summed E-state index contributed by atoms with van der Waals surface area (Å²) in [5.74, 6) is -1.11. The van der Waals surface area contributed by atoms with Crippen molar-refractivity contribution >= 4 is 23.5 Å². The number of carbonyl (C=O) groups excluding carboxylic acids is 3. The molecular weight excluding hydrogens is 320 g/mol. The monoisotopic (exact) mass is 340 g/mol. The number of nitrogens with one attached hydrogen (secondary N) is 3. The van der Waals surface area contributed by atoms with Gasteiger partial charge >= 0.3 is 6.03 Å². The third kappa shape index (κ3) is 5.35. The van der Waals surface area contributed by atoms with Gasteiger partial charge in [-0.2, -0.15) is 0 Å². The lowest BCUT2D eigenvalue weighted by molar-refractivity contribution is -0.118. The summed E-state index contributed by atoms with van der Waals surface area (Å²) in [6.07, 6.45) is 0. The summed E-state index contributed by atoms with van der Waals surface area (Å²) < 4.78 is 0. The van der Waals surface area contributed by atoms with Crippen molar-refractivity contribution in [1.29, 1.82) is 0 Å². The Labute approximate surface area is 145 Å². The fourth-order valence-corrected chi connectivity index (χ4v) is 2.31. The van der Waals surface area contributed by atoms with Gasteiger partial charge in [0.05, 0.1) is 12.1 Å². The van der Waals surface area contributed by atoms with Crippen LogP contribution in [0.15, 0.2) is 48.5 Å². The first-order valence-electron chi connectivity index (χ1n) is 7.72. The SMILES string of the molecule is Cc1cccc(NCC(=O)NC(=O)NCc2ccccc2)c1C(N)=O. The van der Waals surface area contributed by atoms with E-state index in [4.69, 9.17) is 5.73 Å². The second-order valence-electron chi connectivity index (χ2n) is 5.43. The number of hydrogen-bond donors (Lipinski definition) is 4. The Kier molecular flexibility index (Phi) is 6.11. The van der Waals surface area contributed by atoms with Gasteiger partial charge in [-0.25, -0.2) is 4.79 Å². The topological polar surface area (TPSA) is 113 Å². The van der Waals surface area contributed by atoms with Crippen LogP contribution >= 0.6 is 0 Å². The number of rotatable bonds is 6. The highest BCUT2D eigenvalue weighted by Gasteiger charge is 2.13. The first-order chi connectivity index (χ1) is 12.0. The lowest BCUT2D eigenvalue weighted by Crippen LogP contribution is -2.41. The standard InChI is InChI=1S/C18H20N4O3/c1-12-6-5-9-14(16(12)17(19)24)20-11-15(23)22-18(25)21-10-13-7-3-2-4-8-13/h2-9,20H,10-11H2,1H3,(H2,19,24)(H2,21,22,23,25). The molecule has 0 aromatic heterocycles. The van der Waals surface area contributed by atoms with E-state index in [9.17, 15) is 14.4 Å². The largest absolute Gasteiger partial charge is 0.375 e. The highest BCUT2D eigenvalue weighted by Crippen LogP contribution is 2.18. The molecule has 5 N–H and O–H groups in total. The number of benzene rings is 2. The van der Waals surface area contributed by atoms with Gasteiger partial charge in [0.1, 0.15) is 0 Å². The van der Waals surface area contributed by atoms with Crippen molar-refractivity contribution in [1.82, 2.24) is 10.6 Å². The van der Waals surface area contributed by atoms with Crippen molar-refractivity contribution in [3.05, 3.63) is 65.2 Å². The zero-order valence-corrected chi connectivity index (χ0v) is 13.8. The highest BCUT2D eigenvalue weighted by molar-refractivity contribution is 6.01. The Hall–Kier alpha value is -3.35. The Morgan fingerprint density at radius 2 is 1.72 bits per heavy atom. The van der Waals surface area contributed by atoms with E-state index in [0.717, 1.165) is 5.56 Å². The Balaban J connectivity index is 1.84. The summed E-state index contributed by atoms with van der Waals surface area (Å²) in [6.45, 7) is 1.90. The van der Waals surface area contributed by atoms with Crippen molar-refractivity contribution in [3.63, 3.8) is 0 Å². The first kappa shape index (κ1) is 18.0. The molecule has 2 aromatic rings. The molecular formula is C18H20N4O3. The van der Waals surface area contributed by atoms with Crippen LogP contribution in [0.2, 0.25) is 0 Å². The van der Waals surface area contributed by atoms with Crippen LogP contribution in [0.25, 0.3) is 0 Å². The third-order valence-corrected chi connectivity index (χ3v) is 3.51. The number of nitrogens with two attached hydrogens (primary N) is 1. The molecule has 0 unspecified atom stereocenters. The molecule has 2 aromatic carbocycles. The normalized spacial score (nSPS) is 9.96. The van der Waals surface area contributed by atoms with Gasteiger partial charge in [0.15, 0.2) is 0 Å². The summed E-state index contributed by atoms with van der Waals surface area (Å²) in [5, 5.41) is 7.63. The molecule has 0 fully saturated rings. The Bertz CT molecular complexity index is 775. The van der Waals surface area contributed by atoms with Crippen LogP contribution in [0.3, 0.4) is 0 Å². The van der Waals surface area contributed by atoms with Gasteiger partial charge in [0, 0.05) is 12.2 Å². The minimum Gasteiger partial charge on any atom is -0.375 e. The fourth-order valence-electron chi connectivity index (χ4n) is 2.31. The molecule has 0 heterocycles. The molecule has 2 rings (SSSR count). The molecule has 0 saturated heterocycles. The first-order valence-corrected chi connectivity index (χ1v) is 7.72. The molecule has 7 heteroatoms. The van der Waals surface area contributed by atoms with Crippen molar-refractivity contribution < 1.29 is 14.4 Å². The minimum absolute atomic E-state index is 0.164. The maximum Gasteiger partial charge on any atom is 0.321 e. The highest BCUT2D eigenvalue weighted by atomic mass is 16.2. The van der Waals surface area contributed by atoms with Crippen molar-refractivity contribution in [3.8, 4) is 0 Å². The van der Waals surface area contributed by atoms with Crippen molar-refractivity contribution in [2.75, 3.05) is 11.9 Å². The van der Waals surface area contributed by atoms with Gasteiger partial charge in [-0.05, 0) is 24.1 Å². The molecule has 25 heavy (non-hydrogen) atoms. The molecule has 0 atom stereocenters. The smallest absolute Gasteiger partial charge is 0.321 e. The molecule has 0 saturated carbocycles. The summed E-state index contributed by atoms with van der Waals surface area (Å²) in [6, 6.07) is 13.9. The van der Waals surface area contributed by atoms with Crippen LogP contribution in [0.4, 0.5) is 10.5 Å². The predicted octanol–water partition coefficient (Wildman–Crippen LogP) is 1.53. The van der Waals surface area contributed by atoms with Crippen LogP contribution in [-0.4, -0.2) is 24.4 Å². The number of urea groups is 1. The Morgan fingerprint density at radius 3 is 2.40 bits per heavy atom.